The first-order chi connectivity index (χ1) is 11.0. The van der Waals surface area contributed by atoms with Gasteiger partial charge in [-0.3, -0.25) is 4.90 Å². The van der Waals surface area contributed by atoms with Crippen LogP contribution < -0.4 is 15.5 Å². The lowest BCUT2D eigenvalue weighted by Gasteiger charge is -2.38. The van der Waals surface area contributed by atoms with E-state index in [0.717, 1.165) is 70.7 Å². The average molecular weight is 357 g/mol. The molecule has 3 heterocycles. The fourth-order valence-corrected chi connectivity index (χ4v) is 3.19. The molecule has 0 unspecified atom stereocenters. The van der Waals surface area contributed by atoms with E-state index in [-0.39, 0.29) is 17.9 Å². The zero-order valence-corrected chi connectivity index (χ0v) is 15.5. The van der Waals surface area contributed by atoms with Crippen LogP contribution in [0, 0.1) is 0 Å². The predicted molar refractivity (Wildman–Crippen MR) is 99.2 cm³/mol. The number of piperazine rings is 1. The molecule has 24 heavy (non-hydrogen) atoms. The third-order valence-electron chi connectivity index (χ3n) is 4.30. The van der Waals surface area contributed by atoms with Crippen LogP contribution in [0.1, 0.15) is 13.8 Å². The van der Waals surface area contributed by atoms with Crippen molar-refractivity contribution in [1.29, 1.82) is 0 Å². The molecule has 3 rings (SSSR count). The number of hydrogen-bond acceptors (Lipinski definition) is 7. The summed E-state index contributed by atoms with van der Waals surface area (Å²) >= 11 is 0. The van der Waals surface area contributed by atoms with Gasteiger partial charge in [0.15, 0.2) is 0 Å². The van der Waals surface area contributed by atoms with Gasteiger partial charge >= 0.3 is 0 Å². The third-order valence-corrected chi connectivity index (χ3v) is 4.30. The largest absolute Gasteiger partial charge is 0.378 e. The summed E-state index contributed by atoms with van der Waals surface area (Å²) in [5, 5.41) is 0. The van der Waals surface area contributed by atoms with Gasteiger partial charge in [-0.25, -0.2) is 9.97 Å². The molecule has 136 valence electrons. The highest BCUT2D eigenvalue weighted by Gasteiger charge is 2.23. The Labute approximate surface area is 150 Å². The second-order valence-corrected chi connectivity index (χ2v) is 7.09. The molecule has 1 aromatic heterocycles. The van der Waals surface area contributed by atoms with Gasteiger partial charge in [0.1, 0.15) is 18.0 Å². The molecule has 2 fully saturated rings. The summed E-state index contributed by atoms with van der Waals surface area (Å²) in [6, 6.07) is 2.11. The Kier molecular flexibility index (Phi) is 6.62. The number of aromatic nitrogens is 2. The van der Waals surface area contributed by atoms with Crippen molar-refractivity contribution in [2.45, 2.75) is 19.4 Å². The van der Waals surface area contributed by atoms with Gasteiger partial charge in [0.25, 0.3) is 0 Å². The van der Waals surface area contributed by atoms with Gasteiger partial charge in [0, 0.05) is 57.4 Å². The fourth-order valence-electron chi connectivity index (χ4n) is 3.19. The van der Waals surface area contributed by atoms with Crippen LogP contribution in [0.2, 0.25) is 0 Å². The smallest absolute Gasteiger partial charge is 0.134 e. The SMILES string of the molecule is CC(C)(N)CN1CCN(c2cc(N3CCOCC3)ncn2)CC1.Cl. The number of ether oxygens (including phenoxy) is 1. The molecule has 7 nitrogen and oxygen atoms in total. The number of rotatable bonds is 4. The fraction of sp³-hybridized carbons (Fsp3) is 0.750. The van der Waals surface area contributed by atoms with E-state index in [1.807, 2.05) is 0 Å². The van der Waals surface area contributed by atoms with Crippen molar-refractivity contribution in [3.8, 4) is 0 Å². The Balaban J connectivity index is 0.00000208. The van der Waals surface area contributed by atoms with Crippen molar-refractivity contribution < 1.29 is 4.74 Å². The van der Waals surface area contributed by atoms with Crippen LogP contribution in [-0.4, -0.2) is 79.4 Å². The van der Waals surface area contributed by atoms with E-state index in [9.17, 15) is 0 Å². The normalized spacial score (nSPS) is 20.0. The standard InChI is InChI=1S/C16H28N6O.ClH/c1-16(2,17)12-20-3-5-21(6-4-20)14-11-15(19-13-18-14)22-7-9-23-10-8-22;/h11,13H,3-10,12,17H2,1-2H3;1H. The van der Waals surface area contributed by atoms with Crippen molar-refractivity contribution in [3.05, 3.63) is 12.4 Å². The predicted octanol–water partition coefficient (Wildman–Crippen LogP) is 0.594. The van der Waals surface area contributed by atoms with E-state index in [1.165, 1.54) is 0 Å². The molecule has 1 aromatic rings. The first-order valence-electron chi connectivity index (χ1n) is 8.42. The first kappa shape index (κ1) is 19.2. The summed E-state index contributed by atoms with van der Waals surface area (Å²) in [7, 11) is 0. The lowest BCUT2D eigenvalue weighted by molar-refractivity contribution is 0.122. The van der Waals surface area contributed by atoms with Crippen LogP contribution in [-0.2, 0) is 4.74 Å². The lowest BCUT2D eigenvalue weighted by atomic mass is 10.1. The maximum absolute atomic E-state index is 6.12. The molecule has 0 aliphatic carbocycles. The number of morpholine rings is 1. The molecule has 2 N–H and O–H groups in total. The number of nitrogens with two attached hydrogens (primary N) is 1. The number of hydrogen-bond donors (Lipinski definition) is 1. The van der Waals surface area contributed by atoms with Crippen molar-refractivity contribution in [1.82, 2.24) is 14.9 Å². The number of anilines is 2. The van der Waals surface area contributed by atoms with Crippen LogP contribution in [0.3, 0.4) is 0 Å². The Morgan fingerprint density at radius 3 is 2.08 bits per heavy atom. The number of nitrogens with zero attached hydrogens (tertiary/aromatic N) is 5. The molecular formula is C16H29ClN6O. The van der Waals surface area contributed by atoms with Crippen molar-refractivity contribution in [2.24, 2.45) is 5.73 Å². The van der Waals surface area contributed by atoms with E-state index < -0.39 is 0 Å². The van der Waals surface area contributed by atoms with Crippen molar-refractivity contribution in [3.63, 3.8) is 0 Å². The summed E-state index contributed by atoms with van der Waals surface area (Å²) < 4.78 is 5.41. The van der Waals surface area contributed by atoms with E-state index in [2.05, 4.69) is 44.6 Å². The van der Waals surface area contributed by atoms with Crippen LogP contribution in [0.5, 0.6) is 0 Å². The zero-order valence-electron chi connectivity index (χ0n) is 14.6. The minimum atomic E-state index is -0.138. The molecule has 2 saturated heterocycles. The zero-order chi connectivity index (χ0) is 16.3. The van der Waals surface area contributed by atoms with Crippen LogP contribution in [0.15, 0.2) is 12.4 Å². The van der Waals surface area contributed by atoms with Gasteiger partial charge in [-0.2, -0.15) is 0 Å². The van der Waals surface area contributed by atoms with Gasteiger partial charge < -0.3 is 20.3 Å². The molecule has 2 aliphatic rings. The third kappa shape index (κ3) is 5.17. The average Bonchev–Trinajstić information content (AvgIpc) is 2.55. The Morgan fingerprint density at radius 1 is 1.00 bits per heavy atom. The summed E-state index contributed by atoms with van der Waals surface area (Å²) in [6.07, 6.45) is 1.68. The maximum Gasteiger partial charge on any atom is 0.134 e. The molecule has 0 bridgehead atoms. The summed E-state index contributed by atoms with van der Waals surface area (Å²) in [5.41, 5.74) is 5.98. The molecular weight excluding hydrogens is 328 g/mol. The van der Waals surface area contributed by atoms with E-state index in [4.69, 9.17) is 10.5 Å². The molecule has 0 aromatic carbocycles. The van der Waals surface area contributed by atoms with Crippen LogP contribution in [0.4, 0.5) is 11.6 Å². The topological polar surface area (TPSA) is 70.8 Å². The lowest BCUT2D eigenvalue weighted by Crippen LogP contribution is -2.53. The molecule has 0 spiro atoms. The first-order valence-corrected chi connectivity index (χ1v) is 8.42. The summed E-state index contributed by atoms with van der Waals surface area (Å²) in [5.74, 6) is 2.02. The second-order valence-electron chi connectivity index (χ2n) is 7.09. The monoisotopic (exact) mass is 356 g/mol. The molecule has 0 radical (unpaired) electrons. The molecule has 0 saturated carbocycles. The molecule has 8 heteroatoms. The van der Waals surface area contributed by atoms with E-state index in [1.54, 1.807) is 6.33 Å². The van der Waals surface area contributed by atoms with Gasteiger partial charge in [0.05, 0.1) is 13.2 Å². The Hall–Kier alpha value is -1.15. The summed E-state index contributed by atoms with van der Waals surface area (Å²) in [4.78, 5) is 15.9. The van der Waals surface area contributed by atoms with Gasteiger partial charge in [0.2, 0.25) is 0 Å². The van der Waals surface area contributed by atoms with Gasteiger partial charge in [-0.05, 0) is 13.8 Å². The second kappa shape index (κ2) is 8.29. The summed E-state index contributed by atoms with van der Waals surface area (Å²) in [6.45, 7) is 12.5. The van der Waals surface area contributed by atoms with Crippen molar-refractivity contribution in [2.75, 3.05) is 68.8 Å². The van der Waals surface area contributed by atoms with Crippen molar-refractivity contribution >= 4 is 24.0 Å². The van der Waals surface area contributed by atoms with Gasteiger partial charge in [-0.15, -0.1) is 12.4 Å². The highest BCUT2D eigenvalue weighted by molar-refractivity contribution is 5.85. The molecule has 0 atom stereocenters. The van der Waals surface area contributed by atoms with Crippen LogP contribution >= 0.6 is 12.4 Å². The maximum atomic E-state index is 6.12. The molecule has 0 amide bonds. The number of halogens is 1. The highest BCUT2D eigenvalue weighted by atomic mass is 35.5. The Bertz CT molecular complexity index is 510. The molecule has 2 aliphatic heterocycles. The quantitative estimate of drug-likeness (QED) is 0.846. The minimum absolute atomic E-state index is 0. The minimum Gasteiger partial charge on any atom is -0.378 e. The van der Waals surface area contributed by atoms with Gasteiger partial charge in [-0.1, -0.05) is 0 Å². The van der Waals surface area contributed by atoms with E-state index >= 15 is 0 Å². The Morgan fingerprint density at radius 2 is 1.54 bits per heavy atom. The van der Waals surface area contributed by atoms with Crippen LogP contribution in [0.25, 0.3) is 0 Å². The highest BCUT2D eigenvalue weighted by Crippen LogP contribution is 2.20. The van der Waals surface area contributed by atoms with E-state index in [0.29, 0.717) is 0 Å².